The molecule has 110 valence electrons. The quantitative estimate of drug-likeness (QED) is 0.861. The van der Waals surface area contributed by atoms with Crippen molar-refractivity contribution >= 4 is 17.2 Å². The first-order valence-corrected chi connectivity index (χ1v) is 7.80. The summed E-state index contributed by atoms with van der Waals surface area (Å²) in [6.45, 7) is 3.91. The van der Waals surface area contributed by atoms with Gasteiger partial charge in [0.25, 0.3) is 0 Å². The maximum Gasteiger partial charge on any atom is 0.238 e. The summed E-state index contributed by atoms with van der Waals surface area (Å²) in [6.07, 6.45) is 0. The summed E-state index contributed by atoms with van der Waals surface area (Å²) < 4.78 is 13.3. The Morgan fingerprint density at radius 3 is 3.10 bits per heavy atom. The highest BCUT2D eigenvalue weighted by Gasteiger charge is 2.40. The smallest absolute Gasteiger partial charge is 0.238 e. The lowest BCUT2D eigenvalue weighted by Gasteiger charge is -2.08. The number of aryl methyl sites for hydroxylation is 1. The van der Waals surface area contributed by atoms with E-state index in [0.717, 1.165) is 22.5 Å². The predicted octanol–water partition coefficient (Wildman–Crippen LogP) is 2.70. The Hall–Kier alpha value is -1.72. The molecule has 1 N–H and O–H groups in total. The molecule has 0 aliphatic carbocycles. The van der Waals surface area contributed by atoms with Crippen LogP contribution in [0.15, 0.2) is 35.7 Å². The second kappa shape index (κ2) is 5.95. The molecule has 2 heterocycles. The molecule has 0 spiro atoms. The van der Waals surface area contributed by atoms with Crippen molar-refractivity contribution in [2.75, 3.05) is 6.54 Å². The molecule has 3 rings (SSSR count). The van der Waals surface area contributed by atoms with Crippen molar-refractivity contribution in [1.82, 2.24) is 10.2 Å². The van der Waals surface area contributed by atoms with E-state index >= 15 is 0 Å². The molecular formula is C16H17FN2OS. The van der Waals surface area contributed by atoms with Gasteiger partial charge in [-0.2, -0.15) is 0 Å². The number of benzene rings is 1. The molecule has 1 aliphatic heterocycles. The molecule has 2 unspecified atom stereocenters. The molecule has 0 bridgehead atoms. The van der Waals surface area contributed by atoms with Crippen molar-refractivity contribution in [3.8, 4) is 0 Å². The van der Waals surface area contributed by atoms with Crippen LogP contribution in [-0.2, 0) is 17.9 Å². The Morgan fingerprint density at radius 2 is 2.33 bits per heavy atom. The minimum Gasteiger partial charge on any atom is -0.350 e. The SMILES string of the molecule is Cc1ccc(F)cc1CN1CC1C(=O)NCc1cccs1. The predicted molar refractivity (Wildman–Crippen MR) is 81.5 cm³/mol. The highest BCUT2D eigenvalue weighted by Crippen LogP contribution is 2.23. The number of halogens is 1. The normalized spacial score (nSPS) is 20.3. The van der Waals surface area contributed by atoms with Gasteiger partial charge in [-0.1, -0.05) is 12.1 Å². The second-order valence-electron chi connectivity index (χ2n) is 5.31. The third kappa shape index (κ3) is 3.49. The van der Waals surface area contributed by atoms with Crippen LogP contribution in [0.5, 0.6) is 0 Å². The molecule has 1 fully saturated rings. The fourth-order valence-electron chi connectivity index (χ4n) is 2.33. The van der Waals surface area contributed by atoms with E-state index in [-0.39, 0.29) is 17.8 Å². The molecule has 3 nitrogen and oxygen atoms in total. The third-order valence-corrected chi connectivity index (χ3v) is 4.60. The zero-order valence-electron chi connectivity index (χ0n) is 11.8. The fourth-order valence-corrected chi connectivity index (χ4v) is 2.98. The average molecular weight is 304 g/mol. The van der Waals surface area contributed by atoms with Gasteiger partial charge in [-0.05, 0) is 41.6 Å². The number of carbonyl (C=O) groups excluding carboxylic acids is 1. The van der Waals surface area contributed by atoms with Crippen LogP contribution in [0.2, 0.25) is 0 Å². The van der Waals surface area contributed by atoms with E-state index in [4.69, 9.17) is 0 Å². The van der Waals surface area contributed by atoms with Gasteiger partial charge in [0.15, 0.2) is 0 Å². The Labute approximate surface area is 127 Å². The van der Waals surface area contributed by atoms with Crippen LogP contribution in [0.3, 0.4) is 0 Å². The van der Waals surface area contributed by atoms with Crippen LogP contribution < -0.4 is 5.32 Å². The summed E-state index contributed by atoms with van der Waals surface area (Å²) in [6, 6.07) is 8.70. The molecule has 21 heavy (non-hydrogen) atoms. The maximum absolute atomic E-state index is 13.3. The van der Waals surface area contributed by atoms with Crippen LogP contribution in [0.1, 0.15) is 16.0 Å². The molecule has 1 amide bonds. The van der Waals surface area contributed by atoms with E-state index in [0.29, 0.717) is 13.1 Å². The van der Waals surface area contributed by atoms with Gasteiger partial charge in [0, 0.05) is 18.0 Å². The minimum atomic E-state index is -0.226. The first-order chi connectivity index (χ1) is 10.1. The van der Waals surface area contributed by atoms with Crippen LogP contribution in [0, 0.1) is 12.7 Å². The minimum absolute atomic E-state index is 0.0532. The van der Waals surface area contributed by atoms with Gasteiger partial charge in [-0.25, -0.2) is 4.39 Å². The van der Waals surface area contributed by atoms with Gasteiger partial charge in [0.1, 0.15) is 11.9 Å². The monoisotopic (exact) mass is 304 g/mol. The molecule has 2 atom stereocenters. The van der Waals surface area contributed by atoms with Gasteiger partial charge in [-0.3, -0.25) is 9.69 Å². The van der Waals surface area contributed by atoms with E-state index < -0.39 is 0 Å². The highest BCUT2D eigenvalue weighted by atomic mass is 32.1. The van der Waals surface area contributed by atoms with Crippen molar-refractivity contribution in [3.05, 3.63) is 57.5 Å². The summed E-state index contributed by atoms with van der Waals surface area (Å²) in [5.41, 5.74) is 2.00. The van der Waals surface area contributed by atoms with E-state index in [1.165, 1.54) is 6.07 Å². The topological polar surface area (TPSA) is 32.1 Å². The molecule has 2 aromatic rings. The third-order valence-electron chi connectivity index (χ3n) is 3.72. The standard InChI is InChI=1S/C16H17FN2OS/c1-11-4-5-13(17)7-12(11)9-19-10-15(19)16(20)18-8-14-3-2-6-21-14/h2-7,15H,8-10H2,1H3,(H,18,20). The van der Waals surface area contributed by atoms with Crippen molar-refractivity contribution in [1.29, 1.82) is 0 Å². The molecular weight excluding hydrogens is 287 g/mol. The maximum atomic E-state index is 13.3. The second-order valence-corrected chi connectivity index (χ2v) is 6.35. The van der Waals surface area contributed by atoms with Gasteiger partial charge in [-0.15, -0.1) is 11.3 Å². The van der Waals surface area contributed by atoms with Crippen molar-refractivity contribution < 1.29 is 9.18 Å². The number of nitrogens with zero attached hydrogens (tertiary/aromatic N) is 1. The Morgan fingerprint density at radius 1 is 1.48 bits per heavy atom. The van der Waals surface area contributed by atoms with Crippen molar-refractivity contribution in [2.24, 2.45) is 0 Å². The lowest BCUT2D eigenvalue weighted by Crippen LogP contribution is -2.29. The molecule has 5 heteroatoms. The Balaban J connectivity index is 1.51. The van der Waals surface area contributed by atoms with E-state index in [1.807, 2.05) is 29.3 Å². The molecule has 1 aromatic heterocycles. The first-order valence-electron chi connectivity index (χ1n) is 6.92. The molecule has 1 aromatic carbocycles. The fraction of sp³-hybridized carbons (Fsp3) is 0.312. The summed E-state index contributed by atoms with van der Waals surface area (Å²) >= 11 is 1.63. The zero-order chi connectivity index (χ0) is 14.8. The Kier molecular flexibility index (Phi) is 4.03. The number of nitrogens with one attached hydrogen (secondary N) is 1. The van der Waals surface area contributed by atoms with Crippen LogP contribution in [-0.4, -0.2) is 23.4 Å². The van der Waals surface area contributed by atoms with Crippen LogP contribution in [0.25, 0.3) is 0 Å². The Bertz CT molecular complexity index is 642. The summed E-state index contributed by atoms with van der Waals surface area (Å²) in [5, 5.41) is 4.94. The molecule has 1 aliphatic rings. The number of rotatable bonds is 5. The summed E-state index contributed by atoms with van der Waals surface area (Å²) in [4.78, 5) is 15.2. The molecule has 0 radical (unpaired) electrons. The average Bonchev–Trinajstić information content (AvgIpc) is 3.03. The van der Waals surface area contributed by atoms with Gasteiger partial charge in [0.05, 0.1) is 6.54 Å². The van der Waals surface area contributed by atoms with E-state index in [2.05, 4.69) is 5.32 Å². The lowest BCUT2D eigenvalue weighted by molar-refractivity contribution is -0.121. The van der Waals surface area contributed by atoms with Crippen molar-refractivity contribution in [3.63, 3.8) is 0 Å². The highest BCUT2D eigenvalue weighted by molar-refractivity contribution is 7.09. The number of thiophene rings is 1. The van der Waals surface area contributed by atoms with E-state index in [9.17, 15) is 9.18 Å². The number of amides is 1. The largest absolute Gasteiger partial charge is 0.350 e. The number of hydrogen-bond donors (Lipinski definition) is 1. The van der Waals surface area contributed by atoms with Crippen molar-refractivity contribution in [2.45, 2.75) is 26.1 Å². The zero-order valence-corrected chi connectivity index (χ0v) is 12.6. The lowest BCUT2D eigenvalue weighted by atomic mass is 10.1. The molecule has 1 saturated heterocycles. The van der Waals surface area contributed by atoms with Crippen LogP contribution in [0.4, 0.5) is 4.39 Å². The molecule has 0 saturated carbocycles. The number of hydrogen-bond acceptors (Lipinski definition) is 3. The van der Waals surface area contributed by atoms with Gasteiger partial charge >= 0.3 is 0 Å². The first kappa shape index (κ1) is 14.2. The number of carbonyl (C=O) groups is 1. The van der Waals surface area contributed by atoms with E-state index in [1.54, 1.807) is 23.5 Å². The van der Waals surface area contributed by atoms with Gasteiger partial charge in [0.2, 0.25) is 5.91 Å². The summed E-state index contributed by atoms with van der Waals surface area (Å²) in [5.74, 6) is -0.173. The summed E-state index contributed by atoms with van der Waals surface area (Å²) in [7, 11) is 0. The van der Waals surface area contributed by atoms with Crippen LogP contribution >= 0.6 is 11.3 Å². The van der Waals surface area contributed by atoms with Gasteiger partial charge < -0.3 is 5.32 Å².